The first-order valence-corrected chi connectivity index (χ1v) is 12.3. The van der Waals surface area contributed by atoms with E-state index in [-0.39, 0.29) is 12.5 Å². The Morgan fingerprint density at radius 1 is 1.09 bits per heavy atom. The molecule has 0 aliphatic carbocycles. The maximum atomic E-state index is 13.1. The highest BCUT2D eigenvalue weighted by atomic mass is 127. The molecule has 0 atom stereocenters. The van der Waals surface area contributed by atoms with Gasteiger partial charge in [-0.05, 0) is 68.3 Å². The number of hydrogen-bond acceptors (Lipinski definition) is 6. The molecule has 35 heavy (non-hydrogen) atoms. The van der Waals surface area contributed by atoms with Crippen LogP contribution in [-0.2, 0) is 9.53 Å². The molecule has 3 aromatic carbocycles. The number of fused-ring (bicyclic) bond motifs is 1. The van der Waals surface area contributed by atoms with Crippen molar-refractivity contribution in [3.8, 4) is 17.0 Å². The van der Waals surface area contributed by atoms with Crippen LogP contribution in [0.15, 0.2) is 82.4 Å². The van der Waals surface area contributed by atoms with Gasteiger partial charge in [0.25, 0.3) is 5.91 Å². The SMILES string of the molecule is COC(=O)COc1c(Br)cc(/C=N/NC(=O)c2cc(-c3ccccc3)nc3ccccc23)cc1I. The smallest absolute Gasteiger partial charge is 0.343 e. The summed E-state index contributed by atoms with van der Waals surface area (Å²) < 4.78 is 11.5. The lowest BCUT2D eigenvalue weighted by Crippen LogP contribution is -2.18. The number of hydrazone groups is 1. The predicted molar refractivity (Wildman–Crippen MR) is 147 cm³/mol. The van der Waals surface area contributed by atoms with E-state index in [0.717, 1.165) is 25.6 Å². The Bertz CT molecular complexity index is 1400. The zero-order valence-electron chi connectivity index (χ0n) is 18.5. The highest BCUT2D eigenvalue weighted by molar-refractivity contribution is 14.1. The number of carbonyl (C=O) groups excluding carboxylic acids is 2. The third kappa shape index (κ3) is 6.04. The van der Waals surface area contributed by atoms with Crippen molar-refractivity contribution in [2.75, 3.05) is 13.7 Å². The number of halogens is 2. The number of rotatable bonds is 7. The summed E-state index contributed by atoms with van der Waals surface area (Å²) in [5.41, 5.74) is 6.18. The van der Waals surface area contributed by atoms with Crippen LogP contribution in [0.25, 0.3) is 22.2 Å². The molecule has 0 bridgehead atoms. The second-order valence-corrected chi connectivity index (χ2v) is 9.33. The maximum Gasteiger partial charge on any atom is 0.343 e. The summed E-state index contributed by atoms with van der Waals surface area (Å²) in [7, 11) is 1.30. The molecule has 0 spiro atoms. The van der Waals surface area contributed by atoms with E-state index in [2.05, 4.69) is 53.8 Å². The Kier molecular flexibility index (Phi) is 8.09. The first kappa shape index (κ1) is 24.8. The number of para-hydroxylation sites is 1. The molecule has 9 heteroatoms. The van der Waals surface area contributed by atoms with Gasteiger partial charge in [-0.25, -0.2) is 15.2 Å². The number of methoxy groups -OCH3 is 1. The zero-order valence-corrected chi connectivity index (χ0v) is 22.2. The molecule has 1 heterocycles. The number of carbonyl (C=O) groups is 2. The molecule has 0 saturated carbocycles. The van der Waals surface area contributed by atoms with Gasteiger partial charge in [0.05, 0.1) is 38.1 Å². The average molecular weight is 644 g/mol. The van der Waals surface area contributed by atoms with E-state index in [1.54, 1.807) is 12.1 Å². The summed E-state index contributed by atoms with van der Waals surface area (Å²) in [6.07, 6.45) is 1.54. The first-order chi connectivity index (χ1) is 17.0. The summed E-state index contributed by atoms with van der Waals surface area (Å²) >= 11 is 5.55. The van der Waals surface area contributed by atoms with Crippen molar-refractivity contribution in [3.05, 3.63) is 92.0 Å². The lowest BCUT2D eigenvalue weighted by molar-refractivity contribution is -0.142. The fourth-order valence-electron chi connectivity index (χ4n) is 3.33. The van der Waals surface area contributed by atoms with Gasteiger partial charge in [0.15, 0.2) is 6.61 Å². The van der Waals surface area contributed by atoms with Gasteiger partial charge in [0.2, 0.25) is 0 Å². The summed E-state index contributed by atoms with van der Waals surface area (Å²) in [6.45, 7) is -0.195. The van der Waals surface area contributed by atoms with Crippen molar-refractivity contribution < 1.29 is 19.1 Å². The topological polar surface area (TPSA) is 89.9 Å². The third-order valence-electron chi connectivity index (χ3n) is 4.99. The molecular formula is C26H19BrIN3O4. The Morgan fingerprint density at radius 2 is 1.83 bits per heavy atom. The minimum absolute atomic E-state index is 0.195. The first-order valence-electron chi connectivity index (χ1n) is 10.4. The van der Waals surface area contributed by atoms with Gasteiger partial charge < -0.3 is 9.47 Å². The van der Waals surface area contributed by atoms with Gasteiger partial charge >= 0.3 is 5.97 Å². The molecule has 0 saturated heterocycles. The number of benzene rings is 3. The monoisotopic (exact) mass is 643 g/mol. The molecule has 1 aromatic heterocycles. The van der Waals surface area contributed by atoms with Gasteiger partial charge in [0, 0.05) is 10.9 Å². The number of pyridine rings is 1. The number of hydrogen-bond donors (Lipinski definition) is 1. The lowest BCUT2D eigenvalue weighted by atomic mass is 10.0. The highest BCUT2D eigenvalue weighted by Crippen LogP contribution is 2.31. The second-order valence-electron chi connectivity index (χ2n) is 7.32. The van der Waals surface area contributed by atoms with Crippen molar-refractivity contribution in [2.45, 2.75) is 0 Å². The quantitative estimate of drug-likeness (QED) is 0.123. The number of esters is 1. The molecule has 1 N–H and O–H groups in total. The predicted octanol–water partition coefficient (Wildman–Crippen LogP) is 5.58. The van der Waals surface area contributed by atoms with E-state index < -0.39 is 5.97 Å². The van der Waals surface area contributed by atoms with Crippen LogP contribution < -0.4 is 10.2 Å². The van der Waals surface area contributed by atoms with E-state index >= 15 is 0 Å². The number of nitrogens with one attached hydrogen (secondary N) is 1. The molecular weight excluding hydrogens is 625 g/mol. The number of ether oxygens (including phenoxy) is 2. The molecule has 4 aromatic rings. The molecule has 0 radical (unpaired) electrons. The fourth-order valence-corrected chi connectivity index (χ4v) is 5.10. The van der Waals surface area contributed by atoms with Gasteiger partial charge in [-0.15, -0.1) is 0 Å². The van der Waals surface area contributed by atoms with E-state index in [1.165, 1.54) is 13.3 Å². The Morgan fingerprint density at radius 3 is 2.57 bits per heavy atom. The largest absolute Gasteiger partial charge is 0.480 e. The van der Waals surface area contributed by atoms with Crippen molar-refractivity contribution in [1.29, 1.82) is 0 Å². The standard InChI is InChI=1S/C26H19BrIN3O4/c1-34-24(32)15-35-25-20(27)11-16(12-21(25)28)14-29-31-26(33)19-13-23(17-7-3-2-4-8-17)30-22-10-6-5-9-18(19)22/h2-14H,15H2,1H3,(H,31,33)/b29-14+. The van der Waals surface area contributed by atoms with Crippen LogP contribution in [-0.4, -0.2) is 36.8 Å². The highest BCUT2D eigenvalue weighted by Gasteiger charge is 2.14. The van der Waals surface area contributed by atoms with E-state index in [9.17, 15) is 9.59 Å². The van der Waals surface area contributed by atoms with E-state index in [1.807, 2.05) is 60.7 Å². The van der Waals surface area contributed by atoms with Crippen LogP contribution in [0, 0.1) is 3.57 Å². The average Bonchev–Trinajstić information content (AvgIpc) is 2.87. The summed E-state index contributed by atoms with van der Waals surface area (Å²) in [4.78, 5) is 29.1. The van der Waals surface area contributed by atoms with Gasteiger partial charge in [-0.2, -0.15) is 5.10 Å². The van der Waals surface area contributed by atoms with Crippen molar-refractivity contribution in [3.63, 3.8) is 0 Å². The van der Waals surface area contributed by atoms with Crippen molar-refractivity contribution in [2.24, 2.45) is 5.10 Å². The maximum absolute atomic E-state index is 13.1. The van der Waals surface area contributed by atoms with Crippen molar-refractivity contribution in [1.82, 2.24) is 10.4 Å². The summed E-state index contributed by atoms with van der Waals surface area (Å²) in [6, 6.07) is 22.6. The van der Waals surface area contributed by atoms with Gasteiger partial charge in [-0.1, -0.05) is 48.5 Å². The molecule has 0 unspecified atom stereocenters. The molecule has 1 amide bonds. The molecule has 176 valence electrons. The van der Waals surface area contributed by atoms with Crippen LogP contribution in [0.5, 0.6) is 5.75 Å². The third-order valence-corrected chi connectivity index (χ3v) is 6.38. The molecule has 0 aliphatic rings. The molecule has 7 nitrogen and oxygen atoms in total. The van der Waals surface area contributed by atoms with E-state index in [4.69, 9.17) is 9.72 Å². The van der Waals surface area contributed by atoms with Crippen LogP contribution >= 0.6 is 38.5 Å². The Balaban J connectivity index is 1.55. The molecule has 0 fully saturated rings. The van der Waals surface area contributed by atoms with E-state index in [0.29, 0.717) is 21.5 Å². The second kappa shape index (κ2) is 11.4. The summed E-state index contributed by atoms with van der Waals surface area (Å²) in [5.74, 6) is -0.294. The van der Waals surface area contributed by atoms with Crippen molar-refractivity contribution >= 4 is 67.5 Å². The summed E-state index contributed by atoms with van der Waals surface area (Å²) in [5, 5.41) is 4.88. The molecule has 4 rings (SSSR count). The minimum Gasteiger partial charge on any atom is -0.480 e. The fraction of sp³-hybridized carbons (Fsp3) is 0.0769. The van der Waals surface area contributed by atoms with Gasteiger partial charge in [0.1, 0.15) is 5.75 Å². The number of aromatic nitrogens is 1. The van der Waals surface area contributed by atoms with Crippen LogP contribution in [0.3, 0.4) is 0 Å². The normalized spacial score (nSPS) is 10.9. The molecule has 0 aliphatic heterocycles. The van der Waals surface area contributed by atoms with Crippen LogP contribution in [0.4, 0.5) is 0 Å². The Hall–Kier alpha value is -3.31. The number of nitrogens with zero attached hydrogens (tertiary/aromatic N) is 2. The Labute approximate surface area is 223 Å². The zero-order chi connectivity index (χ0) is 24.8. The number of amides is 1. The van der Waals surface area contributed by atoms with Crippen LogP contribution in [0.1, 0.15) is 15.9 Å². The van der Waals surface area contributed by atoms with Gasteiger partial charge in [-0.3, -0.25) is 4.79 Å². The minimum atomic E-state index is -0.472. The van der Waals surface area contributed by atoms with Crippen LogP contribution in [0.2, 0.25) is 0 Å². The lowest BCUT2D eigenvalue weighted by Gasteiger charge is -2.10.